The Labute approximate surface area is 98.4 Å². The minimum atomic E-state index is 0.299. The SMILES string of the molecule is O=C(NCCC1CCCCN1)C1CCCC1. The second-order valence-corrected chi connectivity index (χ2v) is 5.21. The molecule has 0 spiro atoms. The van der Waals surface area contributed by atoms with Gasteiger partial charge in [0.25, 0.3) is 0 Å². The highest BCUT2D eigenvalue weighted by atomic mass is 16.1. The number of nitrogens with one attached hydrogen (secondary N) is 2. The van der Waals surface area contributed by atoms with Gasteiger partial charge in [-0.1, -0.05) is 19.3 Å². The first-order valence-electron chi connectivity index (χ1n) is 6.87. The molecule has 0 bridgehead atoms. The molecule has 1 heterocycles. The fourth-order valence-electron chi connectivity index (χ4n) is 2.87. The maximum absolute atomic E-state index is 11.8. The molecule has 1 unspecified atom stereocenters. The standard InChI is InChI=1S/C13H24N2O/c16-13(11-5-1-2-6-11)15-10-8-12-7-3-4-9-14-12/h11-12,14H,1-10H2,(H,15,16). The molecule has 92 valence electrons. The third-order valence-electron chi connectivity index (χ3n) is 3.93. The Balaban J connectivity index is 1.57. The van der Waals surface area contributed by atoms with Crippen molar-refractivity contribution in [2.75, 3.05) is 13.1 Å². The van der Waals surface area contributed by atoms with Gasteiger partial charge in [0.1, 0.15) is 0 Å². The highest BCUT2D eigenvalue weighted by molar-refractivity contribution is 5.78. The fourth-order valence-corrected chi connectivity index (χ4v) is 2.87. The van der Waals surface area contributed by atoms with Gasteiger partial charge in [-0.3, -0.25) is 4.79 Å². The maximum Gasteiger partial charge on any atom is 0.223 e. The van der Waals surface area contributed by atoms with Gasteiger partial charge in [0, 0.05) is 18.5 Å². The van der Waals surface area contributed by atoms with Crippen LogP contribution in [0.15, 0.2) is 0 Å². The van der Waals surface area contributed by atoms with Gasteiger partial charge in [-0.25, -0.2) is 0 Å². The number of carbonyl (C=O) groups excluding carboxylic acids is 1. The van der Waals surface area contributed by atoms with E-state index in [2.05, 4.69) is 10.6 Å². The van der Waals surface area contributed by atoms with E-state index in [1.807, 2.05) is 0 Å². The molecule has 2 rings (SSSR count). The van der Waals surface area contributed by atoms with E-state index in [0.717, 1.165) is 32.4 Å². The van der Waals surface area contributed by atoms with Crippen molar-refractivity contribution in [2.24, 2.45) is 5.92 Å². The van der Waals surface area contributed by atoms with Crippen molar-refractivity contribution < 1.29 is 4.79 Å². The van der Waals surface area contributed by atoms with E-state index in [-0.39, 0.29) is 0 Å². The first kappa shape index (κ1) is 11.9. The lowest BCUT2D eigenvalue weighted by atomic mass is 10.0. The smallest absolute Gasteiger partial charge is 0.223 e. The molecule has 1 saturated heterocycles. The Hall–Kier alpha value is -0.570. The zero-order chi connectivity index (χ0) is 11.2. The van der Waals surface area contributed by atoms with Crippen LogP contribution in [0.25, 0.3) is 0 Å². The summed E-state index contributed by atoms with van der Waals surface area (Å²) in [6.07, 6.45) is 9.71. The van der Waals surface area contributed by atoms with Gasteiger partial charge >= 0.3 is 0 Å². The summed E-state index contributed by atoms with van der Waals surface area (Å²) in [5.41, 5.74) is 0. The second-order valence-electron chi connectivity index (χ2n) is 5.21. The Kier molecular flexibility index (Phi) is 4.64. The lowest BCUT2D eigenvalue weighted by molar-refractivity contribution is -0.124. The summed E-state index contributed by atoms with van der Waals surface area (Å²) in [7, 11) is 0. The Morgan fingerprint density at radius 2 is 1.88 bits per heavy atom. The van der Waals surface area contributed by atoms with E-state index in [1.165, 1.54) is 32.1 Å². The Bertz CT molecular complexity index is 218. The Morgan fingerprint density at radius 3 is 2.56 bits per heavy atom. The number of hydrogen-bond donors (Lipinski definition) is 2. The average molecular weight is 224 g/mol. The number of carbonyl (C=O) groups is 1. The van der Waals surface area contributed by atoms with Crippen LogP contribution in [0.3, 0.4) is 0 Å². The summed E-state index contributed by atoms with van der Waals surface area (Å²) in [5.74, 6) is 0.618. The molecule has 1 saturated carbocycles. The minimum absolute atomic E-state index is 0.299. The van der Waals surface area contributed by atoms with Crippen LogP contribution < -0.4 is 10.6 Å². The molecule has 2 fully saturated rings. The monoisotopic (exact) mass is 224 g/mol. The first-order chi connectivity index (χ1) is 7.86. The maximum atomic E-state index is 11.8. The third-order valence-corrected chi connectivity index (χ3v) is 3.93. The van der Waals surface area contributed by atoms with E-state index in [4.69, 9.17) is 0 Å². The molecule has 1 amide bonds. The van der Waals surface area contributed by atoms with E-state index in [1.54, 1.807) is 0 Å². The van der Waals surface area contributed by atoms with E-state index >= 15 is 0 Å². The van der Waals surface area contributed by atoms with Gasteiger partial charge in [-0.05, 0) is 38.6 Å². The molecule has 0 radical (unpaired) electrons. The summed E-state index contributed by atoms with van der Waals surface area (Å²) in [6, 6.07) is 0.637. The molecular weight excluding hydrogens is 200 g/mol. The fraction of sp³-hybridized carbons (Fsp3) is 0.923. The van der Waals surface area contributed by atoms with Crippen LogP contribution >= 0.6 is 0 Å². The normalized spacial score (nSPS) is 26.9. The van der Waals surface area contributed by atoms with Crippen LogP contribution in [-0.2, 0) is 4.79 Å². The van der Waals surface area contributed by atoms with Crippen molar-refractivity contribution in [3.05, 3.63) is 0 Å². The van der Waals surface area contributed by atoms with Crippen molar-refractivity contribution >= 4 is 5.91 Å². The third kappa shape index (κ3) is 3.48. The quantitative estimate of drug-likeness (QED) is 0.765. The van der Waals surface area contributed by atoms with Gasteiger partial charge in [-0.15, -0.1) is 0 Å². The lowest BCUT2D eigenvalue weighted by Gasteiger charge is -2.23. The Morgan fingerprint density at radius 1 is 1.12 bits per heavy atom. The highest BCUT2D eigenvalue weighted by Gasteiger charge is 2.22. The van der Waals surface area contributed by atoms with Crippen molar-refractivity contribution in [1.82, 2.24) is 10.6 Å². The molecule has 0 aromatic rings. The summed E-state index contributed by atoms with van der Waals surface area (Å²) < 4.78 is 0. The van der Waals surface area contributed by atoms with Gasteiger partial charge in [0.15, 0.2) is 0 Å². The molecule has 1 atom stereocenters. The topological polar surface area (TPSA) is 41.1 Å². The van der Waals surface area contributed by atoms with Gasteiger partial charge < -0.3 is 10.6 Å². The van der Waals surface area contributed by atoms with Crippen molar-refractivity contribution in [2.45, 2.75) is 57.4 Å². The molecule has 3 heteroatoms. The second kappa shape index (κ2) is 6.24. The number of hydrogen-bond acceptors (Lipinski definition) is 2. The molecule has 1 aliphatic heterocycles. The molecule has 3 nitrogen and oxygen atoms in total. The number of rotatable bonds is 4. The predicted octanol–water partition coefficient (Wildman–Crippen LogP) is 1.82. The zero-order valence-electron chi connectivity index (χ0n) is 10.1. The van der Waals surface area contributed by atoms with E-state index < -0.39 is 0 Å². The van der Waals surface area contributed by atoms with Gasteiger partial charge in [0.2, 0.25) is 5.91 Å². The molecule has 0 aromatic heterocycles. The van der Waals surface area contributed by atoms with Crippen LogP contribution in [0.1, 0.15) is 51.4 Å². The first-order valence-corrected chi connectivity index (χ1v) is 6.87. The summed E-state index contributed by atoms with van der Waals surface area (Å²) in [5, 5.41) is 6.60. The molecule has 0 aromatic carbocycles. The highest BCUT2D eigenvalue weighted by Crippen LogP contribution is 2.24. The van der Waals surface area contributed by atoms with Crippen molar-refractivity contribution in [1.29, 1.82) is 0 Å². The van der Waals surface area contributed by atoms with Crippen LogP contribution in [0.2, 0.25) is 0 Å². The van der Waals surface area contributed by atoms with Crippen LogP contribution in [0, 0.1) is 5.92 Å². The van der Waals surface area contributed by atoms with Gasteiger partial charge in [0.05, 0.1) is 0 Å². The lowest BCUT2D eigenvalue weighted by Crippen LogP contribution is -2.38. The number of amides is 1. The molecule has 2 N–H and O–H groups in total. The zero-order valence-corrected chi connectivity index (χ0v) is 10.1. The minimum Gasteiger partial charge on any atom is -0.356 e. The van der Waals surface area contributed by atoms with Crippen LogP contribution in [0.4, 0.5) is 0 Å². The van der Waals surface area contributed by atoms with E-state index in [9.17, 15) is 4.79 Å². The van der Waals surface area contributed by atoms with Crippen molar-refractivity contribution in [3.8, 4) is 0 Å². The predicted molar refractivity (Wildman–Crippen MR) is 65.2 cm³/mol. The van der Waals surface area contributed by atoms with Crippen molar-refractivity contribution in [3.63, 3.8) is 0 Å². The molecular formula is C13H24N2O. The summed E-state index contributed by atoms with van der Waals surface area (Å²) in [6.45, 7) is 2.01. The molecule has 2 aliphatic rings. The largest absolute Gasteiger partial charge is 0.356 e. The van der Waals surface area contributed by atoms with Crippen LogP contribution in [0.5, 0.6) is 0 Å². The summed E-state index contributed by atoms with van der Waals surface area (Å²) in [4.78, 5) is 11.8. The van der Waals surface area contributed by atoms with Crippen LogP contribution in [-0.4, -0.2) is 25.0 Å². The average Bonchev–Trinajstić information content (AvgIpc) is 2.84. The molecule has 16 heavy (non-hydrogen) atoms. The summed E-state index contributed by atoms with van der Waals surface area (Å²) >= 11 is 0. The molecule has 1 aliphatic carbocycles. The van der Waals surface area contributed by atoms with Gasteiger partial charge in [-0.2, -0.15) is 0 Å². The van der Waals surface area contributed by atoms with E-state index in [0.29, 0.717) is 17.9 Å². The number of piperidine rings is 1.